The van der Waals surface area contributed by atoms with Crippen molar-refractivity contribution in [2.45, 2.75) is 25.7 Å². The second-order valence-corrected chi connectivity index (χ2v) is 17.8. The number of amides is 4. The van der Waals surface area contributed by atoms with Crippen molar-refractivity contribution < 1.29 is 19.2 Å². The van der Waals surface area contributed by atoms with Gasteiger partial charge in [-0.05, 0) is 119 Å². The van der Waals surface area contributed by atoms with Gasteiger partial charge in [-0.15, -0.1) is 0 Å². The highest BCUT2D eigenvalue weighted by Gasteiger charge is 2.31. The van der Waals surface area contributed by atoms with Crippen LogP contribution in [0.25, 0.3) is 0 Å². The van der Waals surface area contributed by atoms with Gasteiger partial charge in [0.25, 0.3) is 0 Å². The Morgan fingerprint density at radius 3 is 0.647 bits per heavy atom. The number of hydrogen-bond donors (Lipinski definition) is 0. The molecular weight excluding hydrogens is 934 g/mol. The van der Waals surface area contributed by atoms with Gasteiger partial charge in [0, 0.05) is 42.8 Å². The molecule has 4 amide bonds. The van der Waals surface area contributed by atoms with Crippen molar-refractivity contribution in [2.75, 3.05) is 19.6 Å². The van der Waals surface area contributed by atoms with Crippen LogP contribution < -0.4 is 19.6 Å². The fraction of sp³-hybridized carbons (Fsp3) is 0.0714. The van der Waals surface area contributed by atoms with E-state index >= 15 is 0 Å². The number of benzene rings is 8. The van der Waals surface area contributed by atoms with Crippen molar-refractivity contribution in [3.05, 3.63) is 236 Å². The average Bonchev–Trinajstić information content (AvgIpc) is 4.07. The van der Waals surface area contributed by atoms with Gasteiger partial charge in [-0.2, -0.15) is 0 Å². The maximum Gasteiger partial charge on any atom is 0.236 e. The van der Waals surface area contributed by atoms with E-state index in [0.717, 1.165) is 67.8 Å². The molecule has 0 spiro atoms. The lowest BCUT2D eigenvalue weighted by Crippen LogP contribution is -2.20. The molecule has 4 aliphatic heterocycles. The third-order valence-electron chi connectivity index (χ3n) is 11.6. The van der Waals surface area contributed by atoms with E-state index in [2.05, 4.69) is 0 Å². The largest absolute Gasteiger partial charge is 0.280 e. The first-order valence-electron chi connectivity index (χ1n) is 21.7. The molecule has 8 aromatic carbocycles. The Labute approximate surface area is 414 Å². The molecule has 0 saturated heterocycles. The zero-order valence-corrected chi connectivity index (χ0v) is 39.3. The lowest BCUT2D eigenvalue weighted by molar-refractivity contribution is -0.117. The molecule has 8 nitrogen and oxygen atoms in total. The lowest BCUT2D eigenvalue weighted by atomic mass is 10.2. The van der Waals surface area contributed by atoms with Crippen LogP contribution >= 0.6 is 46.4 Å². The SMILES string of the molecule is O=C1Cc2ccc(Cl)cc2N1c1ccccc1.O=C1Cc2ccc(Cl)cc2N1c1ccccc1.O=C1Cc2ccc(Cl)cc2N1c1ccccc1.O=C1Cc2ccc(Cl)cc2N1c1ccccc1. The van der Waals surface area contributed by atoms with E-state index in [1.54, 1.807) is 19.6 Å². The molecule has 0 aliphatic carbocycles. The summed E-state index contributed by atoms with van der Waals surface area (Å²) in [5, 5.41) is 2.61. The van der Waals surface area contributed by atoms with Crippen LogP contribution in [0, 0.1) is 0 Å². The molecule has 68 heavy (non-hydrogen) atoms. The van der Waals surface area contributed by atoms with E-state index in [1.165, 1.54) is 0 Å². The molecule has 0 bridgehead atoms. The molecule has 0 N–H and O–H groups in total. The van der Waals surface area contributed by atoms with Gasteiger partial charge in [-0.1, -0.05) is 143 Å². The van der Waals surface area contributed by atoms with Gasteiger partial charge in [0.05, 0.1) is 48.4 Å². The van der Waals surface area contributed by atoms with Crippen LogP contribution in [0.3, 0.4) is 0 Å². The van der Waals surface area contributed by atoms with Crippen molar-refractivity contribution >= 4 is 116 Å². The quantitative estimate of drug-likeness (QED) is 0.176. The number of para-hydroxylation sites is 4. The first kappa shape index (κ1) is 45.9. The third-order valence-corrected chi connectivity index (χ3v) is 12.5. The van der Waals surface area contributed by atoms with Crippen LogP contribution in [0.15, 0.2) is 194 Å². The summed E-state index contributed by atoms with van der Waals surface area (Å²) in [5.41, 5.74) is 11.3. The van der Waals surface area contributed by atoms with Crippen molar-refractivity contribution in [3.8, 4) is 0 Å². The van der Waals surface area contributed by atoms with E-state index in [9.17, 15) is 19.2 Å². The summed E-state index contributed by atoms with van der Waals surface area (Å²) in [6.45, 7) is 0. The molecule has 4 aliphatic rings. The molecule has 0 aromatic heterocycles. The summed E-state index contributed by atoms with van der Waals surface area (Å²) in [6.07, 6.45) is 1.78. The predicted octanol–water partition coefficient (Wildman–Crippen LogP) is 14.2. The van der Waals surface area contributed by atoms with E-state index in [-0.39, 0.29) is 23.6 Å². The first-order chi connectivity index (χ1) is 33.0. The fourth-order valence-corrected chi connectivity index (χ4v) is 9.19. The monoisotopic (exact) mass is 972 g/mol. The van der Waals surface area contributed by atoms with Crippen molar-refractivity contribution in [2.24, 2.45) is 0 Å². The Morgan fingerprint density at radius 2 is 0.456 bits per heavy atom. The molecule has 4 heterocycles. The van der Waals surface area contributed by atoms with Gasteiger partial charge in [0.15, 0.2) is 0 Å². The highest BCUT2D eigenvalue weighted by atomic mass is 35.5. The van der Waals surface area contributed by atoms with Crippen LogP contribution in [0.1, 0.15) is 22.3 Å². The minimum Gasteiger partial charge on any atom is -0.280 e. The van der Waals surface area contributed by atoms with Crippen LogP contribution in [0.5, 0.6) is 0 Å². The van der Waals surface area contributed by atoms with Crippen molar-refractivity contribution in [1.82, 2.24) is 0 Å². The minimum atomic E-state index is 0.0912. The molecule has 12 rings (SSSR count). The molecule has 12 heteroatoms. The number of hydrogen-bond acceptors (Lipinski definition) is 4. The molecule has 0 saturated carbocycles. The summed E-state index contributed by atoms with van der Waals surface area (Å²) in [5.74, 6) is 0.365. The molecule has 0 radical (unpaired) electrons. The van der Waals surface area contributed by atoms with Crippen LogP contribution in [-0.4, -0.2) is 23.6 Å². The Bertz CT molecular complexity index is 2750. The smallest absolute Gasteiger partial charge is 0.236 e. The van der Waals surface area contributed by atoms with Crippen LogP contribution in [0.4, 0.5) is 45.5 Å². The zero-order valence-electron chi connectivity index (χ0n) is 36.2. The number of rotatable bonds is 4. The maximum atomic E-state index is 12.0. The summed E-state index contributed by atoms with van der Waals surface area (Å²) in [6, 6.07) is 60.8. The summed E-state index contributed by atoms with van der Waals surface area (Å²) in [7, 11) is 0. The number of nitrogens with zero attached hydrogens (tertiary/aromatic N) is 4. The van der Waals surface area contributed by atoms with Crippen molar-refractivity contribution in [1.29, 1.82) is 0 Å². The number of halogens is 4. The summed E-state index contributed by atoms with van der Waals surface area (Å²) in [4.78, 5) is 55.0. The van der Waals surface area contributed by atoms with Crippen LogP contribution in [-0.2, 0) is 44.9 Å². The van der Waals surface area contributed by atoms with E-state index in [4.69, 9.17) is 46.4 Å². The second kappa shape index (κ2) is 20.3. The van der Waals surface area contributed by atoms with Gasteiger partial charge in [0.2, 0.25) is 23.6 Å². The average molecular weight is 975 g/mol. The standard InChI is InChI=1S/4C14H10ClNO/c4*15-11-7-6-10-8-14(17)16(13(10)9-11)12-4-2-1-3-5-12/h4*1-7,9H,8H2. The van der Waals surface area contributed by atoms with Gasteiger partial charge in [-0.25, -0.2) is 0 Å². The van der Waals surface area contributed by atoms with Crippen LogP contribution in [0.2, 0.25) is 20.1 Å². The predicted molar refractivity (Wildman–Crippen MR) is 275 cm³/mol. The van der Waals surface area contributed by atoms with E-state index in [0.29, 0.717) is 45.8 Å². The van der Waals surface area contributed by atoms with Gasteiger partial charge in [0.1, 0.15) is 0 Å². The normalized spacial score (nSPS) is 13.9. The summed E-state index contributed by atoms with van der Waals surface area (Å²) < 4.78 is 0. The second-order valence-electron chi connectivity index (χ2n) is 16.1. The lowest BCUT2D eigenvalue weighted by Gasteiger charge is -2.17. The zero-order chi connectivity index (χ0) is 47.3. The molecule has 0 unspecified atom stereocenters. The number of anilines is 8. The van der Waals surface area contributed by atoms with Gasteiger partial charge >= 0.3 is 0 Å². The molecule has 0 atom stereocenters. The Kier molecular flexibility index (Phi) is 13.7. The topological polar surface area (TPSA) is 81.2 Å². The van der Waals surface area contributed by atoms with Gasteiger partial charge < -0.3 is 0 Å². The fourth-order valence-electron chi connectivity index (χ4n) is 8.52. The molecule has 336 valence electrons. The molecule has 0 fully saturated rings. The molecular formula is C56H40Cl4N4O4. The highest BCUT2D eigenvalue weighted by molar-refractivity contribution is 6.32. The Balaban J connectivity index is 0.000000113. The molecule has 8 aromatic rings. The van der Waals surface area contributed by atoms with Gasteiger partial charge in [-0.3, -0.25) is 38.8 Å². The van der Waals surface area contributed by atoms with E-state index in [1.807, 2.05) is 194 Å². The maximum absolute atomic E-state index is 12.0. The first-order valence-corrected chi connectivity index (χ1v) is 23.2. The Morgan fingerprint density at radius 1 is 0.265 bits per heavy atom. The number of carbonyl (C=O) groups excluding carboxylic acids is 4. The highest BCUT2D eigenvalue weighted by Crippen LogP contribution is 2.40. The number of fused-ring (bicyclic) bond motifs is 4. The van der Waals surface area contributed by atoms with Crippen molar-refractivity contribution in [3.63, 3.8) is 0 Å². The third kappa shape index (κ3) is 9.91. The summed E-state index contributed by atoms with van der Waals surface area (Å²) >= 11 is 23.9. The Hall–Kier alpha value is -7.20. The van der Waals surface area contributed by atoms with E-state index < -0.39 is 0 Å². The number of carbonyl (C=O) groups is 4. The minimum absolute atomic E-state index is 0.0912.